The van der Waals surface area contributed by atoms with E-state index in [0.717, 1.165) is 23.4 Å². The Kier molecular flexibility index (Phi) is 5.89. The summed E-state index contributed by atoms with van der Waals surface area (Å²) in [7, 11) is 0. The Morgan fingerprint density at radius 1 is 1.33 bits per heavy atom. The summed E-state index contributed by atoms with van der Waals surface area (Å²) in [6.07, 6.45) is 6.14. The number of aryl methyl sites for hydroxylation is 2. The normalized spacial score (nSPS) is 11.0. The second-order valence-corrected chi connectivity index (χ2v) is 7.75. The average molecular weight is 424 g/mol. The summed E-state index contributed by atoms with van der Waals surface area (Å²) in [5.41, 5.74) is 0.975. The summed E-state index contributed by atoms with van der Waals surface area (Å²) in [4.78, 5) is 32.6. The monoisotopic (exact) mass is 424 g/mol. The van der Waals surface area contributed by atoms with Gasteiger partial charge in [0, 0.05) is 42.3 Å². The van der Waals surface area contributed by atoms with E-state index in [1.165, 1.54) is 11.3 Å². The molecule has 1 aromatic carbocycles. The van der Waals surface area contributed by atoms with Crippen LogP contribution < -0.4 is 15.7 Å². The largest absolute Gasteiger partial charge is 0.484 e. The van der Waals surface area contributed by atoms with E-state index >= 15 is 0 Å². The molecule has 0 saturated heterocycles. The molecule has 0 spiro atoms. The zero-order valence-corrected chi connectivity index (χ0v) is 17.1. The van der Waals surface area contributed by atoms with Crippen LogP contribution >= 0.6 is 11.3 Å². The number of ether oxygens (including phenoxy) is 1. The first-order valence-corrected chi connectivity index (χ1v) is 10.3. The first-order valence-electron chi connectivity index (χ1n) is 9.44. The molecule has 0 atom stereocenters. The number of rotatable bonds is 8. The van der Waals surface area contributed by atoms with Gasteiger partial charge in [-0.15, -0.1) is 11.3 Å². The molecule has 0 radical (unpaired) electrons. The zero-order chi connectivity index (χ0) is 20.9. The van der Waals surface area contributed by atoms with Crippen LogP contribution in [0.3, 0.4) is 0 Å². The van der Waals surface area contributed by atoms with Crippen molar-refractivity contribution >= 4 is 28.2 Å². The second kappa shape index (κ2) is 8.91. The van der Waals surface area contributed by atoms with Gasteiger partial charge >= 0.3 is 5.63 Å². The van der Waals surface area contributed by atoms with Crippen LogP contribution in [0.5, 0.6) is 5.75 Å². The number of carbonyl (C=O) groups excluding carboxylic acids is 1. The molecule has 0 saturated carbocycles. The van der Waals surface area contributed by atoms with E-state index in [9.17, 15) is 9.59 Å². The third-order valence-corrected chi connectivity index (χ3v) is 5.22. The van der Waals surface area contributed by atoms with Crippen LogP contribution in [0.4, 0.5) is 0 Å². The topological polar surface area (TPSA) is 99.2 Å². The molecule has 3 heterocycles. The van der Waals surface area contributed by atoms with Crippen LogP contribution in [0.25, 0.3) is 22.2 Å². The average Bonchev–Trinajstić information content (AvgIpc) is 3.41. The number of benzene rings is 1. The van der Waals surface area contributed by atoms with Gasteiger partial charge in [-0.1, -0.05) is 0 Å². The van der Waals surface area contributed by atoms with Gasteiger partial charge in [0.15, 0.2) is 6.61 Å². The van der Waals surface area contributed by atoms with E-state index < -0.39 is 5.63 Å². The minimum atomic E-state index is -0.458. The van der Waals surface area contributed by atoms with Crippen molar-refractivity contribution in [2.75, 3.05) is 13.2 Å². The first kappa shape index (κ1) is 19.8. The fourth-order valence-corrected chi connectivity index (χ4v) is 3.57. The molecule has 154 valence electrons. The van der Waals surface area contributed by atoms with Crippen LogP contribution in [0.2, 0.25) is 0 Å². The Morgan fingerprint density at radius 3 is 3.00 bits per heavy atom. The van der Waals surface area contributed by atoms with E-state index in [-0.39, 0.29) is 12.5 Å². The van der Waals surface area contributed by atoms with Crippen molar-refractivity contribution in [3.05, 3.63) is 63.8 Å². The summed E-state index contributed by atoms with van der Waals surface area (Å²) >= 11 is 1.48. The fourth-order valence-electron chi connectivity index (χ4n) is 2.96. The van der Waals surface area contributed by atoms with Gasteiger partial charge in [0.05, 0.1) is 22.6 Å². The van der Waals surface area contributed by atoms with Gasteiger partial charge in [0.25, 0.3) is 5.91 Å². The maximum absolute atomic E-state index is 12.3. The Morgan fingerprint density at radius 2 is 2.23 bits per heavy atom. The smallest absolute Gasteiger partial charge is 0.345 e. The number of aromatic nitrogens is 3. The molecular weight excluding hydrogens is 404 g/mol. The highest BCUT2D eigenvalue weighted by molar-refractivity contribution is 7.09. The number of nitrogens with zero attached hydrogens (tertiary/aromatic N) is 3. The third kappa shape index (κ3) is 4.74. The highest BCUT2D eigenvalue weighted by atomic mass is 32.1. The van der Waals surface area contributed by atoms with Crippen LogP contribution in [0.15, 0.2) is 57.6 Å². The van der Waals surface area contributed by atoms with Crippen molar-refractivity contribution in [3.8, 4) is 17.0 Å². The number of carbonyl (C=O) groups is 1. The lowest BCUT2D eigenvalue weighted by molar-refractivity contribution is -0.123. The van der Waals surface area contributed by atoms with Crippen LogP contribution in [0, 0.1) is 6.92 Å². The van der Waals surface area contributed by atoms with E-state index in [4.69, 9.17) is 9.15 Å². The summed E-state index contributed by atoms with van der Waals surface area (Å²) < 4.78 is 12.9. The molecule has 0 aliphatic carbocycles. The molecule has 0 unspecified atom stereocenters. The number of nitrogens with one attached hydrogen (secondary N) is 1. The molecule has 3 aromatic heterocycles. The molecule has 1 amide bonds. The minimum absolute atomic E-state index is 0.114. The summed E-state index contributed by atoms with van der Waals surface area (Å²) in [6.45, 7) is 3.10. The number of imidazole rings is 1. The van der Waals surface area contributed by atoms with E-state index in [2.05, 4.69) is 15.3 Å². The van der Waals surface area contributed by atoms with Crippen LogP contribution in [-0.4, -0.2) is 33.6 Å². The Balaban J connectivity index is 1.34. The van der Waals surface area contributed by atoms with E-state index in [0.29, 0.717) is 29.1 Å². The first-order chi connectivity index (χ1) is 14.6. The highest BCUT2D eigenvalue weighted by Crippen LogP contribution is 2.25. The third-order valence-electron chi connectivity index (χ3n) is 4.45. The molecule has 1 N–H and O–H groups in total. The predicted molar refractivity (Wildman–Crippen MR) is 114 cm³/mol. The van der Waals surface area contributed by atoms with E-state index in [1.807, 2.05) is 23.1 Å². The Labute approximate surface area is 176 Å². The lowest BCUT2D eigenvalue weighted by Crippen LogP contribution is -2.30. The lowest BCUT2D eigenvalue weighted by Gasteiger charge is -2.08. The van der Waals surface area contributed by atoms with Gasteiger partial charge < -0.3 is 19.0 Å². The summed E-state index contributed by atoms with van der Waals surface area (Å²) in [5, 5.41) is 6.28. The highest BCUT2D eigenvalue weighted by Gasteiger charge is 2.11. The van der Waals surface area contributed by atoms with Gasteiger partial charge in [-0.3, -0.25) is 4.79 Å². The number of hydrogen-bond acceptors (Lipinski definition) is 7. The molecule has 0 aliphatic heterocycles. The quantitative estimate of drug-likeness (QED) is 0.345. The SMILES string of the molecule is Cc1nc(-c2cc3ccc(OCC(=O)NCCCn4ccnc4)cc3oc2=O)cs1. The molecule has 4 rings (SSSR count). The Hall–Kier alpha value is -3.46. The minimum Gasteiger partial charge on any atom is -0.484 e. The maximum Gasteiger partial charge on any atom is 0.345 e. The molecule has 4 aromatic rings. The summed E-state index contributed by atoms with van der Waals surface area (Å²) in [5.74, 6) is 0.243. The van der Waals surface area contributed by atoms with Gasteiger partial charge in [-0.25, -0.2) is 14.8 Å². The van der Waals surface area contributed by atoms with Crippen LogP contribution in [-0.2, 0) is 11.3 Å². The number of fused-ring (bicyclic) bond motifs is 1. The van der Waals surface area contributed by atoms with Crippen molar-refractivity contribution in [1.29, 1.82) is 0 Å². The van der Waals surface area contributed by atoms with Crippen LogP contribution in [0.1, 0.15) is 11.4 Å². The van der Waals surface area contributed by atoms with Gasteiger partial charge in [0.1, 0.15) is 11.3 Å². The molecule has 30 heavy (non-hydrogen) atoms. The van der Waals surface area contributed by atoms with Crippen molar-refractivity contribution in [1.82, 2.24) is 19.9 Å². The van der Waals surface area contributed by atoms with E-state index in [1.54, 1.807) is 36.8 Å². The van der Waals surface area contributed by atoms with Gasteiger partial charge in [-0.2, -0.15) is 0 Å². The lowest BCUT2D eigenvalue weighted by atomic mass is 10.1. The zero-order valence-electron chi connectivity index (χ0n) is 16.3. The summed E-state index contributed by atoms with van der Waals surface area (Å²) in [6, 6.07) is 6.90. The van der Waals surface area contributed by atoms with Crippen molar-refractivity contribution in [2.24, 2.45) is 0 Å². The number of amides is 1. The molecule has 0 bridgehead atoms. The Bertz CT molecular complexity index is 1210. The molecular formula is C21H20N4O4S. The van der Waals surface area contributed by atoms with Crippen molar-refractivity contribution < 1.29 is 13.9 Å². The number of hydrogen-bond donors (Lipinski definition) is 1. The van der Waals surface area contributed by atoms with Crippen molar-refractivity contribution in [3.63, 3.8) is 0 Å². The standard InChI is InChI=1S/C21H20N4O4S/c1-14-24-18(12-30-14)17-9-15-3-4-16(10-19(15)29-21(17)27)28-11-20(26)23-5-2-7-25-8-6-22-13-25/h3-4,6,8-10,12-13H,2,5,7,11H2,1H3,(H,23,26). The number of thiazole rings is 1. The van der Waals surface area contributed by atoms with Gasteiger partial charge in [-0.05, 0) is 31.5 Å². The second-order valence-electron chi connectivity index (χ2n) is 6.69. The van der Waals surface area contributed by atoms with Crippen molar-refractivity contribution in [2.45, 2.75) is 19.9 Å². The van der Waals surface area contributed by atoms with Gasteiger partial charge in [0.2, 0.25) is 0 Å². The predicted octanol–water partition coefficient (Wildman–Crippen LogP) is 3.01. The fraction of sp³-hybridized carbons (Fsp3) is 0.238. The molecule has 0 aliphatic rings. The molecule has 9 heteroatoms. The maximum atomic E-state index is 12.3. The molecule has 0 fully saturated rings. The molecule has 8 nitrogen and oxygen atoms in total.